The van der Waals surface area contributed by atoms with E-state index >= 15 is 0 Å². The second-order valence-electron chi connectivity index (χ2n) is 1.83. The van der Waals surface area contributed by atoms with Crippen molar-refractivity contribution in [3.63, 3.8) is 0 Å². The number of unbranched alkanes of at least 4 members (excludes halogenated alkanes) is 2. The van der Waals surface area contributed by atoms with Gasteiger partial charge in [-0.3, -0.25) is 0 Å². The molecule has 0 aromatic rings. The van der Waals surface area contributed by atoms with Crippen LogP contribution in [0.15, 0.2) is 0 Å². The molecule has 0 saturated carbocycles. The molecule has 0 unspecified atom stereocenters. The van der Waals surface area contributed by atoms with E-state index < -0.39 is 5.97 Å². The molecule has 0 heterocycles. The van der Waals surface area contributed by atoms with Crippen LogP contribution >= 0.6 is 0 Å². The minimum absolute atomic E-state index is 0. The Morgan fingerprint density at radius 1 is 1.44 bits per heavy atom. The van der Waals surface area contributed by atoms with E-state index in [0.717, 1.165) is 19.3 Å². The van der Waals surface area contributed by atoms with Crippen molar-refractivity contribution in [3.05, 3.63) is 0 Å². The normalized spacial score (nSPS) is 8.11. The first kappa shape index (κ1) is 12.8. The fourth-order valence-corrected chi connectivity index (χ4v) is 0.519. The van der Waals surface area contributed by atoms with Gasteiger partial charge in [0.1, 0.15) is 0 Å². The van der Waals surface area contributed by atoms with Crippen LogP contribution in [0.4, 0.5) is 0 Å². The summed E-state index contributed by atoms with van der Waals surface area (Å²) in [7, 11) is 0. The van der Waals surface area contributed by atoms with Gasteiger partial charge in [-0.15, -0.1) is 0 Å². The smallest absolute Gasteiger partial charge is 0.550 e. The summed E-state index contributed by atoms with van der Waals surface area (Å²) in [6.07, 6.45) is 3.04. The van der Waals surface area contributed by atoms with Crippen molar-refractivity contribution in [2.45, 2.75) is 32.6 Å². The number of carboxylic acid groups (broad SMARTS) is 1. The van der Waals surface area contributed by atoms with E-state index in [1.165, 1.54) is 0 Å². The second kappa shape index (κ2) is 9.11. The van der Waals surface area contributed by atoms with Gasteiger partial charge >= 0.3 is 51.4 Å². The average Bonchev–Trinajstić information content (AvgIpc) is 1.66. The quantitative estimate of drug-likeness (QED) is 0.327. The summed E-state index contributed by atoms with van der Waals surface area (Å²) in [4.78, 5) is 9.76. The maximum atomic E-state index is 9.76. The van der Waals surface area contributed by atoms with E-state index in [4.69, 9.17) is 0 Å². The molecule has 0 radical (unpaired) electrons. The Balaban J connectivity index is 0. The van der Waals surface area contributed by atoms with Crippen LogP contribution in [0.3, 0.4) is 0 Å². The number of hydrogen-bond donors (Lipinski definition) is 0. The van der Waals surface area contributed by atoms with Gasteiger partial charge in [0.05, 0.1) is 0 Å². The summed E-state index contributed by atoms with van der Waals surface area (Å²) in [5.41, 5.74) is 0. The van der Waals surface area contributed by atoms with Gasteiger partial charge in [-0.05, 0) is 12.8 Å². The average molecular weight is 154 g/mol. The monoisotopic (exact) mass is 154 g/mol. The molecule has 48 valence electrons. The van der Waals surface area contributed by atoms with Gasteiger partial charge in [0.15, 0.2) is 0 Å². The van der Waals surface area contributed by atoms with Gasteiger partial charge in [0.25, 0.3) is 0 Å². The van der Waals surface area contributed by atoms with Crippen LogP contribution in [0.2, 0.25) is 0 Å². The molecule has 0 N–H and O–H groups in total. The van der Waals surface area contributed by atoms with Gasteiger partial charge in [0.2, 0.25) is 0 Å². The predicted octanol–water partition coefficient (Wildman–Crippen LogP) is -2.68. The first-order chi connectivity index (χ1) is 3.77. The van der Waals surface area contributed by atoms with Crippen LogP contribution < -0.4 is 56.5 Å². The largest absolute Gasteiger partial charge is 1.00 e. The van der Waals surface area contributed by atoms with Crippen molar-refractivity contribution in [1.82, 2.24) is 0 Å². The van der Waals surface area contributed by atoms with Gasteiger partial charge < -0.3 is 9.90 Å². The fourth-order valence-electron chi connectivity index (χ4n) is 0.519. The Bertz CT molecular complexity index is 73.5. The van der Waals surface area contributed by atoms with Crippen molar-refractivity contribution in [1.29, 1.82) is 0 Å². The van der Waals surface area contributed by atoms with E-state index in [2.05, 4.69) is 0 Å². The molecule has 0 spiro atoms. The summed E-state index contributed by atoms with van der Waals surface area (Å²) in [6.45, 7) is 2.04. The van der Waals surface area contributed by atoms with Crippen LogP contribution in [0, 0.1) is 0 Å². The van der Waals surface area contributed by atoms with Crippen LogP contribution in [0.5, 0.6) is 0 Å². The Morgan fingerprint density at radius 2 is 2.00 bits per heavy atom. The van der Waals surface area contributed by atoms with Crippen LogP contribution in [0.25, 0.3) is 0 Å². The van der Waals surface area contributed by atoms with E-state index in [0.29, 0.717) is 0 Å². The standard InChI is InChI=1S/C6H12O2.K/c1-2-3-4-5-6(7)8;/h2-5H2,1H3,(H,7,8);/q;+1/p-1. The van der Waals surface area contributed by atoms with Crippen LogP contribution in [-0.4, -0.2) is 5.97 Å². The van der Waals surface area contributed by atoms with Gasteiger partial charge in [-0.25, -0.2) is 0 Å². The number of aliphatic carboxylic acids is 1. The molecule has 0 bridgehead atoms. The molecule has 0 fully saturated rings. The number of rotatable bonds is 4. The SMILES string of the molecule is CCCCCC(=O)[O-].[K+]. The Hall–Kier alpha value is 1.11. The summed E-state index contributed by atoms with van der Waals surface area (Å²) in [6, 6.07) is 0. The second-order valence-corrected chi connectivity index (χ2v) is 1.83. The molecular weight excluding hydrogens is 143 g/mol. The van der Waals surface area contributed by atoms with Crippen molar-refractivity contribution in [2.24, 2.45) is 0 Å². The molecule has 0 aromatic carbocycles. The van der Waals surface area contributed by atoms with Crippen molar-refractivity contribution >= 4 is 5.97 Å². The Kier molecular flexibility index (Phi) is 12.9. The molecule has 0 saturated heterocycles. The minimum Gasteiger partial charge on any atom is -0.550 e. The number of hydrogen-bond acceptors (Lipinski definition) is 2. The molecule has 3 heteroatoms. The molecule has 0 aliphatic carbocycles. The van der Waals surface area contributed by atoms with E-state index in [1.807, 2.05) is 6.92 Å². The number of carbonyl (C=O) groups excluding carboxylic acids is 1. The van der Waals surface area contributed by atoms with E-state index in [-0.39, 0.29) is 57.8 Å². The van der Waals surface area contributed by atoms with E-state index in [1.54, 1.807) is 0 Å². The summed E-state index contributed by atoms with van der Waals surface area (Å²) in [5, 5.41) is 9.76. The van der Waals surface area contributed by atoms with Gasteiger partial charge in [-0.2, -0.15) is 0 Å². The Labute approximate surface area is 98.4 Å². The zero-order valence-electron chi connectivity index (χ0n) is 6.14. The summed E-state index contributed by atoms with van der Waals surface area (Å²) < 4.78 is 0. The third-order valence-corrected chi connectivity index (χ3v) is 0.984. The Morgan fingerprint density at radius 3 is 2.33 bits per heavy atom. The minimum atomic E-state index is -0.932. The van der Waals surface area contributed by atoms with Crippen LogP contribution in [0.1, 0.15) is 32.6 Å². The third-order valence-electron chi connectivity index (χ3n) is 0.984. The fraction of sp³-hybridized carbons (Fsp3) is 0.833. The summed E-state index contributed by atoms with van der Waals surface area (Å²) >= 11 is 0. The first-order valence-corrected chi connectivity index (χ1v) is 2.97. The van der Waals surface area contributed by atoms with Crippen molar-refractivity contribution in [2.75, 3.05) is 0 Å². The molecule has 0 aliphatic rings. The number of carboxylic acids is 1. The summed E-state index contributed by atoms with van der Waals surface area (Å²) in [5.74, 6) is -0.932. The molecule has 0 aromatic heterocycles. The molecule has 0 atom stereocenters. The topological polar surface area (TPSA) is 40.1 Å². The zero-order valence-corrected chi connectivity index (χ0v) is 9.27. The molecule has 0 aliphatic heterocycles. The maximum Gasteiger partial charge on any atom is 1.00 e. The van der Waals surface area contributed by atoms with Crippen molar-refractivity contribution in [3.8, 4) is 0 Å². The zero-order chi connectivity index (χ0) is 6.41. The van der Waals surface area contributed by atoms with Crippen LogP contribution in [-0.2, 0) is 4.79 Å². The van der Waals surface area contributed by atoms with E-state index in [9.17, 15) is 9.90 Å². The first-order valence-electron chi connectivity index (χ1n) is 2.97. The predicted molar refractivity (Wildman–Crippen MR) is 29.1 cm³/mol. The third kappa shape index (κ3) is 12.3. The molecule has 0 amide bonds. The molecule has 0 rings (SSSR count). The van der Waals surface area contributed by atoms with Crippen molar-refractivity contribution < 1.29 is 61.3 Å². The number of carbonyl (C=O) groups is 1. The molecular formula is C6H11KO2. The molecule has 2 nitrogen and oxygen atoms in total. The van der Waals surface area contributed by atoms with Gasteiger partial charge in [-0.1, -0.05) is 19.8 Å². The molecule has 9 heavy (non-hydrogen) atoms. The van der Waals surface area contributed by atoms with Gasteiger partial charge in [0, 0.05) is 5.97 Å². The maximum absolute atomic E-state index is 9.76.